The molecule has 2 atom stereocenters. The second kappa shape index (κ2) is 8.41. The predicted octanol–water partition coefficient (Wildman–Crippen LogP) is 3.58. The molecule has 164 valence electrons. The Morgan fingerprint density at radius 3 is 2.90 bits per heavy atom. The summed E-state index contributed by atoms with van der Waals surface area (Å²) in [5, 5.41) is 11.1. The number of likely N-dealkylation sites (tertiary alicyclic amines) is 1. The van der Waals surface area contributed by atoms with Crippen LogP contribution in [0.3, 0.4) is 0 Å². The van der Waals surface area contributed by atoms with Crippen LogP contribution in [0.4, 0.5) is 16.0 Å². The van der Waals surface area contributed by atoms with Crippen LogP contribution >= 0.6 is 0 Å². The minimum Gasteiger partial charge on any atom is -0.469 e. The molecule has 31 heavy (non-hydrogen) atoms. The van der Waals surface area contributed by atoms with E-state index in [0.717, 1.165) is 23.1 Å². The number of aromatic nitrogens is 4. The molecule has 1 aliphatic heterocycles. The molecule has 1 amide bonds. The van der Waals surface area contributed by atoms with Gasteiger partial charge in [-0.15, -0.1) is 0 Å². The highest BCUT2D eigenvalue weighted by atomic mass is 19.1. The highest BCUT2D eigenvalue weighted by Gasteiger charge is 2.37. The number of nitrogens with zero attached hydrogens (tertiary/aromatic N) is 4. The number of halogens is 1. The molecule has 8 nitrogen and oxygen atoms in total. The zero-order valence-electron chi connectivity index (χ0n) is 17.9. The van der Waals surface area contributed by atoms with Gasteiger partial charge in [0.1, 0.15) is 5.82 Å². The molecule has 3 aromatic rings. The molecule has 0 spiro atoms. The Bertz CT molecular complexity index is 1100. The van der Waals surface area contributed by atoms with Crippen LogP contribution in [0.25, 0.3) is 10.9 Å². The van der Waals surface area contributed by atoms with Gasteiger partial charge in [0, 0.05) is 30.6 Å². The van der Waals surface area contributed by atoms with Crippen molar-refractivity contribution in [2.24, 2.45) is 5.92 Å². The number of ether oxygens (including phenoxy) is 1. The average Bonchev–Trinajstić information content (AvgIpc) is 3.41. The number of nitrogens with one attached hydrogen (secondary N) is 2. The number of amides is 1. The molecule has 0 aromatic carbocycles. The van der Waals surface area contributed by atoms with Crippen LogP contribution in [-0.2, 0) is 11.3 Å². The van der Waals surface area contributed by atoms with Crippen LogP contribution < -0.4 is 10.1 Å². The summed E-state index contributed by atoms with van der Waals surface area (Å²) in [5.74, 6) is 1.64. The van der Waals surface area contributed by atoms with E-state index in [1.807, 2.05) is 31.3 Å². The maximum Gasteiger partial charge on any atom is 0.246 e. The van der Waals surface area contributed by atoms with Gasteiger partial charge in [0.2, 0.25) is 11.8 Å². The van der Waals surface area contributed by atoms with E-state index < -0.39 is 12.3 Å². The van der Waals surface area contributed by atoms with Gasteiger partial charge in [0.25, 0.3) is 0 Å². The summed E-state index contributed by atoms with van der Waals surface area (Å²) < 4.78 is 22.8. The van der Waals surface area contributed by atoms with Crippen LogP contribution in [0.1, 0.15) is 19.5 Å². The van der Waals surface area contributed by atoms with Gasteiger partial charge in [0.15, 0.2) is 18.1 Å². The van der Waals surface area contributed by atoms with E-state index in [-0.39, 0.29) is 19.0 Å². The van der Waals surface area contributed by atoms with Gasteiger partial charge in [0.05, 0.1) is 24.0 Å². The SMILES string of the molecule is C=CC(=O)N1C[C@H](F)[C@H](Oc2nc(Nc3cc(C)[nH]n3)cc3c2ccn3CC(C)C)C1. The van der Waals surface area contributed by atoms with Crippen molar-refractivity contribution in [1.29, 1.82) is 0 Å². The Morgan fingerprint density at radius 1 is 1.42 bits per heavy atom. The first-order valence-electron chi connectivity index (χ1n) is 10.3. The number of carbonyl (C=O) groups excluding carboxylic acids is 1. The lowest BCUT2D eigenvalue weighted by atomic mass is 10.2. The van der Waals surface area contributed by atoms with Crippen LogP contribution in [-0.4, -0.2) is 55.9 Å². The second-order valence-corrected chi connectivity index (χ2v) is 8.29. The maximum atomic E-state index is 14.6. The molecule has 3 aromatic heterocycles. The fraction of sp³-hybridized carbons (Fsp3) is 0.409. The molecule has 0 unspecified atom stereocenters. The van der Waals surface area contributed by atoms with Gasteiger partial charge >= 0.3 is 0 Å². The predicted molar refractivity (Wildman–Crippen MR) is 117 cm³/mol. The van der Waals surface area contributed by atoms with Gasteiger partial charge in [-0.3, -0.25) is 9.89 Å². The molecule has 2 N–H and O–H groups in total. The fourth-order valence-electron chi connectivity index (χ4n) is 3.78. The molecular formula is C22H27FN6O2. The number of pyridine rings is 1. The number of aromatic amines is 1. The Labute approximate surface area is 180 Å². The van der Waals surface area contributed by atoms with Crippen molar-refractivity contribution in [3.8, 4) is 5.88 Å². The van der Waals surface area contributed by atoms with Crippen molar-refractivity contribution in [2.75, 3.05) is 18.4 Å². The van der Waals surface area contributed by atoms with Gasteiger partial charge < -0.3 is 19.5 Å². The zero-order chi connectivity index (χ0) is 22.1. The summed E-state index contributed by atoms with van der Waals surface area (Å²) >= 11 is 0. The molecule has 4 heterocycles. The number of H-pyrrole nitrogens is 1. The van der Waals surface area contributed by atoms with Crippen LogP contribution in [0.2, 0.25) is 0 Å². The lowest BCUT2D eigenvalue weighted by Gasteiger charge is -2.17. The number of anilines is 2. The monoisotopic (exact) mass is 426 g/mol. The number of hydrogen-bond donors (Lipinski definition) is 2. The number of hydrogen-bond acceptors (Lipinski definition) is 5. The Balaban J connectivity index is 1.68. The highest BCUT2D eigenvalue weighted by Crippen LogP contribution is 2.31. The maximum absolute atomic E-state index is 14.6. The summed E-state index contributed by atoms with van der Waals surface area (Å²) in [7, 11) is 0. The summed E-state index contributed by atoms with van der Waals surface area (Å²) in [6.45, 7) is 10.6. The number of rotatable bonds is 7. The summed E-state index contributed by atoms with van der Waals surface area (Å²) in [6, 6.07) is 5.73. The molecule has 0 radical (unpaired) electrons. The van der Waals surface area contributed by atoms with Crippen molar-refractivity contribution in [1.82, 2.24) is 24.6 Å². The van der Waals surface area contributed by atoms with Crippen molar-refractivity contribution >= 4 is 28.4 Å². The van der Waals surface area contributed by atoms with Gasteiger partial charge in [-0.25, -0.2) is 4.39 Å². The molecule has 0 aliphatic carbocycles. The standard InChI is InChI=1S/C22H27FN6O2/c1-5-21(30)29-11-16(23)18(12-29)31-22-15-6-7-28(10-13(2)3)17(15)9-19(25-22)24-20-8-14(4)26-27-20/h5-9,13,16,18H,1,10-12H2,2-4H3,(H2,24,25,26,27)/t16-,18+/m0/s1. The first kappa shape index (κ1) is 20.9. The highest BCUT2D eigenvalue weighted by molar-refractivity contribution is 5.88. The lowest BCUT2D eigenvalue weighted by molar-refractivity contribution is -0.125. The molecule has 0 bridgehead atoms. The number of alkyl halides is 1. The van der Waals surface area contributed by atoms with Crippen LogP contribution in [0.5, 0.6) is 5.88 Å². The van der Waals surface area contributed by atoms with Crippen LogP contribution in [0, 0.1) is 12.8 Å². The molecule has 0 saturated carbocycles. The topological polar surface area (TPSA) is 88.1 Å². The molecule has 9 heteroatoms. The minimum atomic E-state index is -1.30. The van der Waals surface area contributed by atoms with E-state index in [9.17, 15) is 9.18 Å². The van der Waals surface area contributed by atoms with E-state index in [1.165, 1.54) is 11.0 Å². The Kier molecular flexibility index (Phi) is 5.67. The van der Waals surface area contributed by atoms with E-state index in [1.54, 1.807) is 0 Å². The third-order valence-electron chi connectivity index (χ3n) is 5.20. The third-order valence-corrected chi connectivity index (χ3v) is 5.20. The zero-order valence-corrected chi connectivity index (χ0v) is 17.9. The number of fused-ring (bicyclic) bond motifs is 1. The fourth-order valence-corrected chi connectivity index (χ4v) is 3.78. The summed E-state index contributed by atoms with van der Waals surface area (Å²) in [6.07, 6.45) is 1.07. The Morgan fingerprint density at radius 2 is 2.23 bits per heavy atom. The molecule has 1 saturated heterocycles. The lowest BCUT2D eigenvalue weighted by Crippen LogP contribution is -2.30. The van der Waals surface area contributed by atoms with Gasteiger partial charge in [-0.1, -0.05) is 20.4 Å². The largest absolute Gasteiger partial charge is 0.469 e. The molecule has 1 aliphatic rings. The second-order valence-electron chi connectivity index (χ2n) is 8.29. The minimum absolute atomic E-state index is 0.0164. The van der Waals surface area contributed by atoms with E-state index in [0.29, 0.717) is 23.4 Å². The molecular weight excluding hydrogens is 399 g/mol. The third kappa shape index (κ3) is 4.40. The Hall–Kier alpha value is -3.36. The van der Waals surface area contributed by atoms with Crippen molar-refractivity contribution in [2.45, 2.75) is 39.6 Å². The van der Waals surface area contributed by atoms with Crippen LogP contribution in [0.15, 0.2) is 37.1 Å². The normalized spacial score (nSPS) is 18.7. The average molecular weight is 426 g/mol. The summed E-state index contributed by atoms with van der Waals surface area (Å²) in [4.78, 5) is 17.9. The van der Waals surface area contributed by atoms with Crippen molar-refractivity contribution < 1.29 is 13.9 Å². The number of aryl methyl sites for hydroxylation is 1. The van der Waals surface area contributed by atoms with Crippen molar-refractivity contribution in [3.63, 3.8) is 0 Å². The van der Waals surface area contributed by atoms with E-state index >= 15 is 0 Å². The van der Waals surface area contributed by atoms with E-state index in [4.69, 9.17) is 4.74 Å². The van der Waals surface area contributed by atoms with Crippen molar-refractivity contribution in [3.05, 3.63) is 42.7 Å². The molecule has 1 fully saturated rings. The number of carbonyl (C=O) groups is 1. The van der Waals surface area contributed by atoms with Gasteiger partial charge in [-0.05, 0) is 25.0 Å². The molecule has 4 rings (SSSR count). The quantitative estimate of drug-likeness (QED) is 0.564. The first-order valence-corrected chi connectivity index (χ1v) is 10.3. The smallest absolute Gasteiger partial charge is 0.246 e. The van der Waals surface area contributed by atoms with E-state index in [2.05, 4.69) is 45.5 Å². The van der Waals surface area contributed by atoms with Gasteiger partial charge in [-0.2, -0.15) is 10.1 Å². The first-order chi connectivity index (χ1) is 14.8. The summed E-state index contributed by atoms with van der Waals surface area (Å²) in [5.41, 5.74) is 1.85.